The van der Waals surface area contributed by atoms with Crippen molar-refractivity contribution in [2.45, 2.75) is 27.4 Å². The van der Waals surface area contributed by atoms with Gasteiger partial charge in [-0.3, -0.25) is 4.79 Å². The number of hydrogen-bond donors (Lipinski definition) is 1. The van der Waals surface area contributed by atoms with Gasteiger partial charge in [0.05, 0.1) is 0 Å². The van der Waals surface area contributed by atoms with E-state index in [0.29, 0.717) is 28.8 Å². The van der Waals surface area contributed by atoms with Crippen LogP contribution < -0.4 is 10.1 Å². The van der Waals surface area contributed by atoms with E-state index in [0.717, 1.165) is 25.2 Å². The second-order valence-electron chi connectivity index (χ2n) is 5.75. The van der Waals surface area contributed by atoms with Gasteiger partial charge in [-0.25, -0.2) is 0 Å². The summed E-state index contributed by atoms with van der Waals surface area (Å²) in [7, 11) is 0. The maximum absolute atomic E-state index is 12.1. The van der Waals surface area contributed by atoms with Crippen molar-refractivity contribution >= 4 is 17.5 Å². The number of benzene rings is 1. The van der Waals surface area contributed by atoms with Crippen LogP contribution in [0.15, 0.2) is 34.7 Å². The number of halogens is 1. The Labute approximate surface area is 153 Å². The van der Waals surface area contributed by atoms with Gasteiger partial charge >= 0.3 is 0 Å². The number of ether oxygens (including phenoxy) is 1. The van der Waals surface area contributed by atoms with Crippen LogP contribution in [0.1, 0.15) is 35.7 Å². The number of aryl methyl sites for hydroxylation is 1. The monoisotopic (exact) mass is 364 g/mol. The normalized spacial score (nSPS) is 10.9. The van der Waals surface area contributed by atoms with Crippen LogP contribution in [-0.2, 0) is 6.61 Å². The molecule has 0 atom stereocenters. The first-order valence-corrected chi connectivity index (χ1v) is 8.89. The highest BCUT2D eigenvalue weighted by molar-refractivity contribution is 6.31. The predicted octanol–water partition coefficient (Wildman–Crippen LogP) is 3.89. The zero-order valence-electron chi connectivity index (χ0n) is 15.0. The Morgan fingerprint density at radius 3 is 2.68 bits per heavy atom. The van der Waals surface area contributed by atoms with Crippen molar-refractivity contribution in [1.82, 2.24) is 10.2 Å². The molecule has 0 aliphatic carbocycles. The fourth-order valence-corrected chi connectivity index (χ4v) is 2.51. The van der Waals surface area contributed by atoms with Gasteiger partial charge in [0.2, 0.25) is 0 Å². The molecule has 1 aromatic heterocycles. The highest BCUT2D eigenvalue weighted by Crippen LogP contribution is 2.22. The van der Waals surface area contributed by atoms with Crippen molar-refractivity contribution in [1.29, 1.82) is 0 Å². The molecule has 0 bridgehead atoms. The molecule has 0 aliphatic rings. The standard InChI is InChI=1S/C19H25ClN2O3/c1-4-22(5-2)11-10-21-19(23)18-9-7-16(25-18)13-24-15-6-8-17(20)14(3)12-15/h6-9,12H,4-5,10-11,13H2,1-3H3,(H,21,23). The molecule has 0 unspecified atom stereocenters. The summed E-state index contributed by atoms with van der Waals surface area (Å²) in [5.41, 5.74) is 0.951. The lowest BCUT2D eigenvalue weighted by Gasteiger charge is -2.17. The Morgan fingerprint density at radius 1 is 1.24 bits per heavy atom. The summed E-state index contributed by atoms with van der Waals surface area (Å²) < 4.78 is 11.2. The lowest BCUT2D eigenvalue weighted by Crippen LogP contribution is -2.34. The van der Waals surface area contributed by atoms with E-state index in [-0.39, 0.29) is 12.5 Å². The predicted molar refractivity (Wildman–Crippen MR) is 99.4 cm³/mol. The number of nitrogens with one attached hydrogen (secondary N) is 1. The summed E-state index contributed by atoms with van der Waals surface area (Å²) in [6.07, 6.45) is 0. The molecule has 2 aromatic rings. The SMILES string of the molecule is CCN(CC)CCNC(=O)c1ccc(COc2ccc(Cl)c(C)c2)o1. The van der Waals surface area contributed by atoms with E-state index in [2.05, 4.69) is 24.1 Å². The zero-order valence-corrected chi connectivity index (χ0v) is 15.7. The Balaban J connectivity index is 1.82. The zero-order chi connectivity index (χ0) is 18.2. The summed E-state index contributed by atoms with van der Waals surface area (Å²) in [5.74, 6) is 1.40. The fraction of sp³-hybridized carbons (Fsp3) is 0.421. The minimum atomic E-state index is -0.208. The summed E-state index contributed by atoms with van der Waals surface area (Å²) >= 11 is 5.99. The summed E-state index contributed by atoms with van der Waals surface area (Å²) in [6.45, 7) is 9.75. The van der Waals surface area contributed by atoms with Gasteiger partial charge in [0.1, 0.15) is 18.1 Å². The summed E-state index contributed by atoms with van der Waals surface area (Å²) in [4.78, 5) is 14.3. The van der Waals surface area contributed by atoms with Crippen LogP contribution in [0, 0.1) is 6.92 Å². The third-order valence-corrected chi connectivity index (χ3v) is 4.43. The Morgan fingerprint density at radius 2 is 2.00 bits per heavy atom. The van der Waals surface area contributed by atoms with Crippen molar-refractivity contribution in [3.05, 3.63) is 52.4 Å². The highest BCUT2D eigenvalue weighted by atomic mass is 35.5. The lowest BCUT2D eigenvalue weighted by atomic mass is 10.2. The number of likely N-dealkylation sites (N-methyl/N-ethyl adjacent to an activating group) is 1. The minimum absolute atomic E-state index is 0.208. The van der Waals surface area contributed by atoms with E-state index < -0.39 is 0 Å². The van der Waals surface area contributed by atoms with Gasteiger partial charge in [-0.1, -0.05) is 25.4 Å². The van der Waals surface area contributed by atoms with Gasteiger partial charge in [0.15, 0.2) is 5.76 Å². The van der Waals surface area contributed by atoms with E-state index in [1.54, 1.807) is 24.3 Å². The molecule has 0 radical (unpaired) electrons. The second-order valence-corrected chi connectivity index (χ2v) is 6.16. The average Bonchev–Trinajstić information content (AvgIpc) is 3.09. The molecular formula is C19H25ClN2O3. The smallest absolute Gasteiger partial charge is 0.287 e. The van der Waals surface area contributed by atoms with Crippen LogP contribution in [0.2, 0.25) is 5.02 Å². The van der Waals surface area contributed by atoms with Crippen molar-refractivity contribution in [2.75, 3.05) is 26.2 Å². The van der Waals surface area contributed by atoms with E-state index in [1.165, 1.54) is 0 Å². The number of amides is 1. The summed E-state index contributed by atoms with van der Waals surface area (Å²) in [6, 6.07) is 8.88. The van der Waals surface area contributed by atoms with Crippen LogP contribution in [-0.4, -0.2) is 37.0 Å². The van der Waals surface area contributed by atoms with Gasteiger partial charge in [0, 0.05) is 18.1 Å². The molecule has 0 aliphatic heterocycles. The molecule has 5 nitrogen and oxygen atoms in total. The first-order chi connectivity index (χ1) is 12.0. The number of furan rings is 1. The second kappa shape index (κ2) is 9.49. The lowest BCUT2D eigenvalue weighted by molar-refractivity contribution is 0.0917. The number of carbonyl (C=O) groups excluding carboxylic acids is 1. The van der Waals surface area contributed by atoms with Crippen molar-refractivity contribution in [3.63, 3.8) is 0 Å². The number of carbonyl (C=O) groups is 1. The molecular weight excluding hydrogens is 340 g/mol. The van der Waals surface area contributed by atoms with E-state index >= 15 is 0 Å². The van der Waals surface area contributed by atoms with E-state index in [4.69, 9.17) is 20.8 Å². The number of hydrogen-bond acceptors (Lipinski definition) is 4. The van der Waals surface area contributed by atoms with Crippen molar-refractivity contribution in [3.8, 4) is 5.75 Å². The molecule has 1 N–H and O–H groups in total. The minimum Gasteiger partial charge on any atom is -0.486 e. The van der Waals surface area contributed by atoms with Gasteiger partial charge in [-0.05, 0) is 55.9 Å². The Bertz CT molecular complexity index is 696. The van der Waals surface area contributed by atoms with E-state index in [9.17, 15) is 4.79 Å². The van der Waals surface area contributed by atoms with Crippen LogP contribution in [0.5, 0.6) is 5.75 Å². The number of nitrogens with zero attached hydrogens (tertiary/aromatic N) is 1. The quantitative estimate of drug-likeness (QED) is 0.733. The molecule has 0 fully saturated rings. The fourth-order valence-electron chi connectivity index (χ4n) is 2.39. The maximum atomic E-state index is 12.1. The third-order valence-electron chi connectivity index (χ3n) is 4.00. The molecule has 25 heavy (non-hydrogen) atoms. The Hall–Kier alpha value is -1.98. The average molecular weight is 365 g/mol. The molecule has 1 aromatic carbocycles. The third kappa shape index (κ3) is 5.80. The highest BCUT2D eigenvalue weighted by Gasteiger charge is 2.11. The van der Waals surface area contributed by atoms with Gasteiger partial charge in [-0.15, -0.1) is 0 Å². The van der Waals surface area contributed by atoms with Crippen LogP contribution in [0.25, 0.3) is 0 Å². The van der Waals surface area contributed by atoms with Crippen molar-refractivity contribution in [2.24, 2.45) is 0 Å². The topological polar surface area (TPSA) is 54.7 Å². The number of rotatable bonds is 9. The largest absolute Gasteiger partial charge is 0.486 e. The first kappa shape index (κ1) is 19.3. The van der Waals surface area contributed by atoms with Gasteiger partial charge < -0.3 is 19.4 Å². The maximum Gasteiger partial charge on any atom is 0.287 e. The van der Waals surface area contributed by atoms with Crippen LogP contribution in [0.3, 0.4) is 0 Å². The molecule has 1 heterocycles. The molecule has 1 amide bonds. The molecule has 2 rings (SSSR count). The first-order valence-electron chi connectivity index (χ1n) is 8.51. The molecule has 0 saturated heterocycles. The molecule has 0 spiro atoms. The van der Waals surface area contributed by atoms with E-state index in [1.807, 2.05) is 13.0 Å². The molecule has 6 heteroatoms. The van der Waals surface area contributed by atoms with Gasteiger partial charge in [-0.2, -0.15) is 0 Å². The Kier molecular flexibility index (Phi) is 7.34. The molecule has 136 valence electrons. The van der Waals surface area contributed by atoms with Crippen molar-refractivity contribution < 1.29 is 13.9 Å². The van der Waals surface area contributed by atoms with Crippen LogP contribution >= 0.6 is 11.6 Å². The summed E-state index contributed by atoms with van der Waals surface area (Å²) in [5, 5.41) is 3.57. The van der Waals surface area contributed by atoms with Gasteiger partial charge in [0.25, 0.3) is 5.91 Å². The van der Waals surface area contributed by atoms with Crippen LogP contribution in [0.4, 0.5) is 0 Å². The molecule has 0 saturated carbocycles.